The molecule has 0 aromatic heterocycles. The predicted octanol–water partition coefficient (Wildman–Crippen LogP) is 2.21. The second-order valence-electron chi connectivity index (χ2n) is 7.52. The van der Waals surface area contributed by atoms with Crippen molar-refractivity contribution in [2.75, 3.05) is 39.6 Å². The molecule has 0 saturated carbocycles. The van der Waals surface area contributed by atoms with Crippen LogP contribution >= 0.6 is 0 Å². The van der Waals surface area contributed by atoms with Crippen LogP contribution in [0.25, 0.3) is 5.57 Å². The van der Waals surface area contributed by atoms with Crippen molar-refractivity contribution in [2.24, 2.45) is 0 Å². The van der Waals surface area contributed by atoms with Gasteiger partial charge >= 0.3 is 6.29 Å². The number of hydrogen-bond donors (Lipinski definition) is 3. The van der Waals surface area contributed by atoms with Gasteiger partial charge in [-0.2, -0.15) is 0 Å². The molecule has 2 aliphatic heterocycles. The second-order valence-corrected chi connectivity index (χ2v) is 7.52. The van der Waals surface area contributed by atoms with Crippen molar-refractivity contribution in [3.63, 3.8) is 0 Å². The fourth-order valence-electron chi connectivity index (χ4n) is 3.83. The van der Waals surface area contributed by atoms with E-state index < -0.39 is 6.29 Å². The summed E-state index contributed by atoms with van der Waals surface area (Å²) in [6, 6.07) is 6.29. The Bertz CT molecular complexity index is 706. The zero-order chi connectivity index (χ0) is 19.4. The van der Waals surface area contributed by atoms with E-state index in [4.69, 9.17) is 4.74 Å². The molecular weight excluding hydrogens is 342 g/mol. The van der Waals surface area contributed by atoms with Gasteiger partial charge in [0, 0.05) is 35.2 Å². The Balaban J connectivity index is 1.83. The molecule has 1 aromatic rings. The van der Waals surface area contributed by atoms with Gasteiger partial charge in [0.05, 0.1) is 11.9 Å². The van der Waals surface area contributed by atoms with E-state index in [-0.39, 0.29) is 12.2 Å². The van der Waals surface area contributed by atoms with Crippen molar-refractivity contribution in [1.82, 2.24) is 15.5 Å². The van der Waals surface area contributed by atoms with E-state index in [1.165, 1.54) is 5.57 Å². The standard InChI is InChI=1S/C20H32N5O2/c1-14-12-19(21-2)25(26)20(22-14)23-16-7-8-18(27-4)17(13-16)15-6-5-10-24(3)11-9-15/h7-9,13-14,19-23H,5-6,10-12H2,1-4H3/q+1. The van der Waals surface area contributed by atoms with E-state index in [2.05, 4.69) is 47.0 Å². The zero-order valence-electron chi connectivity index (χ0n) is 16.8. The number of benzene rings is 1. The van der Waals surface area contributed by atoms with Crippen molar-refractivity contribution in [3.8, 4) is 5.75 Å². The summed E-state index contributed by atoms with van der Waals surface area (Å²) in [6.07, 6.45) is 4.54. The van der Waals surface area contributed by atoms with E-state index in [1.807, 2.05) is 19.2 Å². The first kappa shape index (κ1) is 19.8. The number of nitrogens with zero attached hydrogens (tertiary/aromatic N) is 2. The summed E-state index contributed by atoms with van der Waals surface area (Å²) < 4.78 is 6.66. The Kier molecular flexibility index (Phi) is 6.46. The van der Waals surface area contributed by atoms with Crippen molar-refractivity contribution < 1.29 is 9.50 Å². The lowest BCUT2D eigenvalue weighted by atomic mass is 9.99. The van der Waals surface area contributed by atoms with Gasteiger partial charge in [0.1, 0.15) is 5.75 Å². The van der Waals surface area contributed by atoms with Gasteiger partial charge in [-0.3, -0.25) is 5.32 Å². The molecule has 0 aliphatic carbocycles. The Morgan fingerprint density at radius 2 is 2.19 bits per heavy atom. The Hall–Kier alpha value is -1.96. The summed E-state index contributed by atoms with van der Waals surface area (Å²) in [5.74, 6) is 0.869. The number of hydrogen-bond acceptors (Lipinski definition) is 6. The minimum Gasteiger partial charge on any atom is -0.496 e. The van der Waals surface area contributed by atoms with E-state index in [0.29, 0.717) is 0 Å². The van der Waals surface area contributed by atoms with Crippen LogP contribution in [0.15, 0.2) is 24.3 Å². The van der Waals surface area contributed by atoms with Crippen molar-refractivity contribution >= 4 is 11.3 Å². The monoisotopic (exact) mass is 374 g/mol. The van der Waals surface area contributed by atoms with Crippen LogP contribution in [0.5, 0.6) is 5.75 Å². The molecule has 3 unspecified atom stereocenters. The molecule has 0 spiro atoms. The third kappa shape index (κ3) is 4.66. The minimum atomic E-state index is -0.471. The third-order valence-corrected chi connectivity index (χ3v) is 5.40. The molecule has 2 aliphatic rings. The molecule has 0 radical (unpaired) electrons. The van der Waals surface area contributed by atoms with Crippen molar-refractivity contribution in [1.29, 1.82) is 0 Å². The van der Waals surface area contributed by atoms with Crippen LogP contribution in [0.4, 0.5) is 5.69 Å². The molecule has 7 heteroatoms. The van der Waals surface area contributed by atoms with E-state index in [1.54, 1.807) is 7.11 Å². The van der Waals surface area contributed by atoms with Crippen molar-refractivity contribution in [3.05, 3.63) is 34.7 Å². The molecule has 0 bridgehead atoms. The first-order chi connectivity index (χ1) is 13.0. The fraction of sp³-hybridized carbons (Fsp3) is 0.600. The zero-order valence-corrected chi connectivity index (χ0v) is 16.8. The topological polar surface area (TPSA) is 68.6 Å². The molecule has 7 nitrogen and oxygen atoms in total. The number of methoxy groups -OCH3 is 1. The number of nitroso groups, excluding NO2 is 1. The maximum atomic E-state index is 12.6. The SMILES string of the molecule is CNC1CC(C)NC(Nc2ccc(OC)c(C3=CCN(C)CCC3)c2)[N+]1=O. The van der Waals surface area contributed by atoms with Gasteiger partial charge in [-0.15, -0.1) is 0 Å². The molecule has 1 saturated heterocycles. The molecular formula is C20H32N5O2+. The Morgan fingerprint density at radius 3 is 2.93 bits per heavy atom. The highest BCUT2D eigenvalue weighted by atomic mass is 16.5. The Labute approximate surface area is 161 Å². The molecule has 1 fully saturated rings. The maximum Gasteiger partial charge on any atom is 0.335 e. The molecule has 27 heavy (non-hydrogen) atoms. The Morgan fingerprint density at radius 1 is 1.37 bits per heavy atom. The van der Waals surface area contributed by atoms with E-state index in [9.17, 15) is 4.91 Å². The molecule has 3 rings (SSSR count). The van der Waals surface area contributed by atoms with Crippen LogP contribution in [0, 0.1) is 4.91 Å². The van der Waals surface area contributed by atoms with E-state index in [0.717, 1.165) is 54.1 Å². The van der Waals surface area contributed by atoms with Gasteiger partial charge in [-0.1, -0.05) is 6.08 Å². The third-order valence-electron chi connectivity index (χ3n) is 5.40. The maximum absolute atomic E-state index is 12.6. The minimum absolute atomic E-state index is 0.198. The predicted molar refractivity (Wildman–Crippen MR) is 109 cm³/mol. The lowest BCUT2D eigenvalue weighted by Gasteiger charge is -2.28. The summed E-state index contributed by atoms with van der Waals surface area (Å²) in [6.45, 7) is 4.13. The lowest BCUT2D eigenvalue weighted by molar-refractivity contribution is -0.636. The number of nitrogens with one attached hydrogen (secondary N) is 3. The quantitative estimate of drug-likeness (QED) is 0.687. The molecule has 148 valence electrons. The molecule has 3 N–H and O–H groups in total. The van der Waals surface area contributed by atoms with Crippen LogP contribution in [0.3, 0.4) is 0 Å². The molecule has 1 aromatic carbocycles. The van der Waals surface area contributed by atoms with Gasteiger partial charge in [0.2, 0.25) is 0 Å². The van der Waals surface area contributed by atoms with Crippen LogP contribution in [-0.2, 0) is 0 Å². The van der Waals surface area contributed by atoms with Crippen molar-refractivity contribution in [2.45, 2.75) is 44.7 Å². The summed E-state index contributed by atoms with van der Waals surface area (Å²) in [4.78, 5) is 14.9. The number of allylic oxidation sites excluding steroid dienone is 1. The van der Waals surface area contributed by atoms with Gasteiger partial charge in [0.25, 0.3) is 6.17 Å². The van der Waals surface area contributed by atoms with Crippen LogP contribution in [0.1, 0.15) is 31.7 Å². The highest BCUT2D eigenvalue weighted by molar-refractivity contribution is 5.74. The van der Waals surface area contributed by atoms with Crippen LogP contribution in [-0.4, -0.2) is 62.5 Å². The number of anilines is 1. The van der Waals surface area contributed by atoms with Crippen LogP contribution < -0.4 is 20.7 Å². The largest absolute Gasteiger partial charge is 0.496 e. The summed E-state index contributed by atoms with van der Waals surface area (Å²) >= 11 is 0. The van der Waals surface area contributed by atoms with Gasteiger partial charge in [-0.05, 0) is 64.2 Å². The van der Waals surface area contributed by atoms with Gasteiger partial charge < -0.3 is 15.0 Å². The normalized spacial score (nSPS) is 27.0. The molecule has 2 heterocycles. The highest BCUT2D eigenvalue weighted by Gasteiger charge is 2.40. The highest BCUT2D eigenvalue weighted by Crippen LogP contribution is 2.33. The summed E-state index contributed by atoms with van der Waals surface area (Å²) in [7, 11) is 5.67. The average Bonchev–Trinajstić information content (AvgIpc) is 2.88. The van der Waals surface area contributed by atoms with E-state index >= 15 is 0 Å². The molecule has 3 atom stereocenters. The van der Waals surface area contributed by atoms with Gasteiger partial charge in [-0.25, -0.2) is 5.32 Å². The second kappa shape index (κ2) is 8.82. The number of likely N-dealkylation sites (N-methyl/N-ethyl adjacent to an activating group) is 1. The fourth-order valence-corrected chi connectivity index (χ4v) is 3.83. The molecule has 0 amide bonds. The summed E-state index contributed by atoms with van der Waals surface area (Å²) in [5.41, 5.74) is 3.31. The first-order valence-electron chi connectivity index (χ1n) is 9.73. The van der Waals surface area contributed by atoms with Gasteiger partial charge in [0.15, 0.2) is 0 Å². The number of rotatable bonds is 5. The lowest BCUT2D eigenvalue weighted by Crippen LogP contribution is -2.60. The smallest absolute Gasteiger partial charge is 0.335 e. The number of ether oxygens (including phenoxy) is 1. The summed E-state index contributed by atoms with van der Waals surface area (Å²) in [5, 5.41) is 9.77. The van der Waals surface area contributed by atoms with Crippen LogP contribution in [0.2, 0.25) is 0 Å². The average molecular weight is 375 g/mol. The first-order valence-corrected chi connectivity index (χ1v) is 9.73.